The second-order valence-corrected chi connectivity index (χ2v) is 6.22. The van der Waals surface area contributed by atoms with Gasteiger partial charge in [0.05, 0.1) is 24.8 Å². The lowest BCUT2D eigenvalue weighted by Gasteiger charge is -2.25. The minimum atomic E-state index is -0.358. The highest BCUT2D eigenvalue weighted by Gasteiger charge is 2.37. The van der Waals surface area contributed by atoms with Crippen molar-refractivity contribution in [3.8, 4) is 5.75 Å². The lowest BCUT2D eigenvalue weighted by Crippen LogP contribution is -2.30. The molecule has 0 aliphatic carbocycles. The topological polar surface area (TPSA) is 58.6 Å². The van der Waals surface area contributed by atoms with E-state index in [0.717, 1.165) is 5.56 Å². The van der Waals surface area contributed by atoms with Crippen molar-refractivity contribution in [2.75, 3.05) is 19.0 Å². The first kappa shape index (κ1) is 17.0. The molecule has 1 saturated heterocycles. The molecule has 2 amide bonds. The third-order valence-electron chi connectivity index (χ3n) is 4.64. The molecule has 0 aromatic heterocycles. The van der Waals surface area contributed by atoms with Gasteiger partial charge in [0.1, 0.15) is 5.75 Å². The first-order chi connectivity index (χ1) is 12.1. The third kappa shape index (κ3) is 3.65. The van der Waals surface area contributed by atoms with Gasteiger partial charge in [-0.1, -0.05) is 42.5 Å². The van der Waals surface area contributed by atoms with E-state index in [9.17, 15) is 9.59 Å². The third-order valence-corrected chi connectivity index (χ3v) is 4.64. The normalized spacial score (nSPS) is 18.1. The highest BCUT2D eigenvalue weighted by Crippen LogP contribution is 2.30. The Bertz CT molecular complexity index is 761. The molecule has 3 rings (SSSR count). The van der Waals surface area contributed by atoms with Crippen LogP contribution in [0.1, 0.15) is 24.9 Å². The SMILES string of the molecule is COc1ccccc1NC(=O)[C@H]1CC(=O)N([C@H](C)c2ccccc2)C1. The Morgan fingerprint density at radius 1 is 1.16 bits per heavy atom. The van der Waals surface area contributed by atoms with Gasteiger partial charge in [0, 0.05) is 13.0 Å². The van der Waals surface area contributed by atoms with E-state index in [1.807, 2.05) is 49.4 Å². The molecule has 25 heavy (non-hydrogen) atoms. The molecule has 1 aliphatic heterocycles. The summed E-state index contributed by atoms with van der Waals surface area (Å²) in [6.07, 6.45) is 0.234. The molecule has 1 heterocycles. The van der Waals surface area contributed by atoms with Crippen LogP contribution < -0.4 is 10.1 Å². The van der Waals surface area contributed by atoms with Crippen molar-refractivity contribution in [1.82, 2.24) is 4.90 Å². The maximum atomic E-state index is 12.6. The fourth-order valence-corrected chi connectivity index (χ4v) is 3.18. The summed E-state index contributed by atoms with van der Waals surface area (Å²) in [6, 6.07) is 17.1. The summed E-state index contributed by atoms with van der Waals surface area (Å²) in [6.45, 7) is 2.42. The second-order valence-electron chi connectivity index (χ2n) is 6.22. The quantitative estimate of drug-likeness (QED) is 0.910. The molecule has 0 saturated carbocycles. The number of nitrogens with zero attached hydrogens (tertiary/aromatic N) is 1. The standard InChI is InChI=1S/C20H22N2O3/c1-14(15-8-4-3-5-9-15)22-13-16(12-19(22)23)20(24)21-17-10-6-7-11-18(17)25-2/h3-11,14,16H,12-13H2,1-2H3,(H,21,24)/t14-,16+/m1/s1. The average Bonchev–Trinajstić information content (AvgIpc) is 3.04. The number of hydrogen-bond acceptors (Lipinski definition) is 3. The van der Waals surface area contributed by atoms with E-state index in [-0.39, 0.29) is 30.2 Å². The summed E-state index contributed by atoms with van der Waals surface area (Å²) in [5.74, 6) is 0.107. The van der Waals surface area contributed by atoms with E-state index in [2.05, 4.69) is 5.32 Å². The van der Waals surface area contributed by atoms with Crippen molar-refractivity contribution in [3.05, 3.63) is 60.2 Å². The first-order valence-corrected chi connectivity index (χ1v) is 8.38. The molecule has 1 aliphatic rings. The van der Waals surface area contributed by atoms with Crippen LogP contribution >= 0.6 is 0 Å². The summed E-state index contributed by atoms with van der Waals surface area (Å²) < 4.78 is 5.26. The Hall–Kier alpha value is -2.82. The molecule has 1 fully saturated rings. The molecular weight excluding hydrogens is 316 g/mol. The average molecular weight is 338 g/mol. The van der Waals surface area contributed by atoms with Gasteiger partial charge in [-0.25, -0.2) is 0 Å². The number of hydrogen-bond donors (Lipinski definition) is 1. The smallest absolute Gasteiger partial charge is 0.229 e. The van der Waals surface area contributed by atoms with E-state index in [1.165, 1.54) is 0 Å². The number of benzene rings is 2. The summed E-state index contributed by atoms with van der Waals surface area (Å²) in [5.41, 5.74) is 1.69. The zero-order chi connectivity index (χ0) is 17.8. The van der Waals surface area contributed by atoms with Gasteiger partial charge in [0.2, 0.25) is 11.8 Å². The lowest BCUT2D eigenvalue weighted by atomic mass is 10.1. The molecule has 0 radical (unpaired) electrons. The zero-order valence-electron chi connectivity index (χ0n) is 14.4. The van der Waals surface area contributed by atoms with Crippen LogP contribution in [0.4, 0.5) is 5.69 Å². The Kier molecular flexibility index (Phi) is 5.03. The number of methoxy groups -OCH3 is 1. The van der Waals surface area contributed by atoms with Crippen LogP contribution in [0.2, 0.25) is 0 Å². The number of likely N-dealkylation sites (tertiary alicyclic amines) is 1. The number of carbonyl (C=O) groups excluding carboxylic acids is 2. The van der Waals surface area contributed by atoms with Crippen molar-refractivity contribution in [2.45, 2.75) is 19.4 Å². The van der Waals surface area contributed by atoms with Gasteiger partial charge in [-0.3, -0.25) is 9.59 Å². The number of rotatable bonds is 5. The zero-order valence-corrected chi connectivity index (χ0v) is 14.4. The molecule has 130 valence electrons. The van der Waals surface area contributed by atoms with Crippen LogP contribution in [-0.4, -0.2) is 30.4 Å². The van der Waals surface area contributed by atoms with Gasteiger partial charge in [0.15, 0.2) is 0 Å². The molecule has 0 bridgehead atoms. The van der Waals surface area contributed by atoms with Crippen molar-refractivity contribution < 1.29 is 14.3 Å². The number of carbonyl (C=O) groups is 2. The predicted octanol–water partition coefficient (Wildman–Crippen LogP) is 3.24. The fourth-order valence-electron chi connectivity index (χ4n) is 3.18. The minimum Gasteiger partial charge on any atom is -0.495 e. The molecule has 5 heteroatoms. The van der Waals surface area contributed by atoms with Crippen molar-refractivity contribution >= 4 is 17.5 Å². The fraction of sp³-hybridized carbons (Fsp3) is 0.300. The monoisotopic (exact) mass is 338 g/mol. The molecule has 0 unspecified atom stereocenters. The number of ether oxygens (including phenoxy) is 1. The Morgan fingerprint density at radius 3 is 2.56 bits per heavy atom. The minimum absolute atomic E-state index is 0.0107. The Morgan fingerprint density at radius 2 is 1.84 bits per heavy atom. The largest absolute Gasteiger partial charge is 0.495 e. The summed E-state index contributed by atoms with van der Waals surface area (Å²) in [4.78, 5) is 26.8. The molecule has 5 nitrogen and oxygen atoms in total. The number of nitrogens with one attached hydrogen (secondary N) is 1. The van der Waals surface area contributed by atoms with Crippen LogP contribution in [0, 0.1) is 5.92 Å². The Labute approximate surface area is 147 Å². The van der Waals surface area contributed by atoms with Crippen LogP contribution in [0.15, 0.2) is 54.6 Å². The van der Waals surface area contributed by atoms with Gasteiger partial charge >= 0.3 is 0 Å². The van der Waals surface area contributed by atoms with E-state index >= 15 is 0 Å². The summed E-state index contributed by atoms with van der Waals surface area (Å²) in [7, 11) is 1.56. The van der Waals surface area contributed by atoms with Crippen molar-refractivity contribution in [3.63, 3.8) is 0 Å². The van der Waals surface area contributed by atoms with Gasteiger partial charge < -0.3 is 15.0 Å². The van der Waals surface area contributed by atoms with Crippen LogP contribution in [-0.2, 0) is 9.59 Å². The molecule has 2 aromatic carbocycles. The van der Waals surface area contributed by atoms with Gasteiger partial charge in [-0.05, 0) is 24.6 Å². The van der Waals surface area contributed by atoms with Gasteiger partial charge in [-0.2, -0.15) is 0 Å². The molecule has 0 spiro atoms. The summed E-state index contributed by atoms with van der Waals surface area (Å²) in [5, 5.41) is 2.88. The van der Waals surface area contributed by atoms with Gasteiger partial charge in [0.25, 0.3) is 0 Å². The maximum absolute atomic E-state index is 12.6. The van der Waals surface area contributed by atoms with Crippen LogP contribution in [0.5, 0.6) is 5.75 Å². The van der Waals surface area contributed by atoms with Crippen LogP contribution in [0.25, 0.3) is 0 Å². The van der Waals surface area contributed by atoms with E-state index in [0.29, 0.717) is 18.0 Å². The Balaban J connectivity index is 1.68. The predicted molar refractivity (Wildman–Crippen MR) is 96.3 cm³/mol. The highest BCUT2D eigenvalue weighted by molar-refractivity contribution is 5.98. The van der Waals surface area contributed by atoms with Crippen LogP contribution in [0.3, 0.4) is 0 Å². The molecule has 2 aromatic rings. The second kappa shape index (κ2) is 7.38. The van der Waals surface area contributed by atoms with Crippen molar-refractivity contribution in [1.29, 1.82) is 0 Å². The molecule has 2 atom stereocenters. The number of anilines is 1. The first-order valence-electron chi connectivity index (χ1n) is 8.38. The number of para-hydroxylation sites is 2. The van der Waals surface area contributed by atoms with E-state index in [4.69, 9.17) is 4.74 Å². The number of amides is 2. The molecule has 1 N–H and O–H groups in total. The van der Waals surface area contributed by atoms with Crippen molar-refractivity contribution in [2.24, 2.45) is 5.92 Å². The summed E-state index contributed by atoms with van der Waals surface area (Å²) >= 11 is 0. The maximum Gasteiger partial charge on any atom is 0.229 e. The van der Waals surface area contributed by atoms with E-state index in [1.54, 1.807) is 24.1 Å². The van der Waals surface area contributed by atoms with E-state index < -0.39 is 0 Å². The molecular formula is C20H22N2O3. The van der Waals surface area contributed by atoms with Gasteiger partial charge in [-0.15, -0.1) is 0 Å². The lowest BCUT2D eigenvalue weighted by molar-refractivity contribution is -0.129. The highest BCUT2D eigenvalue weighted by atomic mass is 16.5.